The van der Waals surface area contributed by atoms with Crippen LogP contribution in [0.15, 0.2) is 48.5 Å². The van der Waals surface area contributed by atoms with Gasteiger partial charge in [0.05, 0.1) is 17.2 Å². The van der Waals surface area contributed by atoms with E-state index in [0.29, 0.717) is 55.2 Å². The summed E-state index contributed by atoms with van der Waals surface area (Å²) in [4.78, 5) is 40.6. The van der Waals surface area contributed by atoms with E-state index in [9.17, 15) is 14.4 Å². The highest BCUT2D eigenvalue weighted by molar-refractivity contribution is 6.33. The second-order valence-electron chi connectivity index (χ2n) is 8.16. The Balaban J connectivity index is 1.70. The molecule has 1 unspecified atom stereocenters. The number of hydrogen-bond donors (Lipinski definition) is 2. The number of nitrogens with zero attached hydrogens (tertiary/aromatic N) is 1. The molecule has 176 valence electrons. The lowest BCUT2D eigenvalue weighted by molar-refractivity contribution is -0.124. The molecule has 1 fully saturated rings. The third kappa shape index (κ3) is 6.33. The number of carbonyl (C=O) groups excluding carboxylic acids is 3. The minimum Gasteiger partial charge on any atom is -0.383 e. The first-order chi connectivity index (χ1) is 15.9. The molecule has 1 atom stereocenters. The number of halogens is 1. The SMILES string of the molecule is COCCNC(=O)C(NC(=O)c1ccccc1Cl)C1CCN(C(=O)c2ccccc2C)CC1. The van der Waals surface area contributed by atoms with Gasteiger partial charge in [0.2, 0.25) is 5.91 Å². The Morgan fingerprint density at radius 1 is 1.06 bits per heavy atom. The highest BCUT2D eigenvalue weighted by Gasteiger charge is 2.34. The number of ether oxygens (including phenoxy) is 1. The summed E-state index contributed by atoms with van der Waals surface area (Å²) in [6.45, 7) is 3.67. The van der Waals surface area contributed by atoms with Crippen molar-refractivity contribution >= 4 is 29.3 Å². The first kappa shape index (κ1) is 24.7. The standard InChI is InChI=1S/C25H30ClN3O4/c1-17-7-3-4-8-19(17)25(32)29-14-11-18(12-15-29)22(24(31)27-13-16-33-2)28-23(30)20-9-5-6-10-21(20)26/h3-10,18,22H,11-16H2,1-2H3,(H,27,31)(H,28,30). The smallest absolute Gasteiger partial charge is 0.254 e. The van der Waals surface area contributed by atoms with Crippen LogP contribution >= 0.6 is 11.6 Å². The quantitative estimate of drug-likeness (QED) is 0.579. The third-order valence-corrected chi connectivity index (χ3v) is 6.30. The zero-order valence-electron chi connectivity index (χ0n) is 19.0. The van der Waals surface area contributed by atoms with Crippen LogP contribution in [0.25, 0.3) is 0 Å². The highest BCUT2D eigenvalue weighted by atomic mass is 35.5. The Hall–Kier alpha value is -2.90. The molecule has 7 nitrogen and oxygen atoms in total. The summed E-state index contributed by atoms with van der Waals surface area (Å²) in [6, 6.07) is 13.5. The Labute approximate surface area is 199 Å². The Morgan fingerprint density at radius 2 is 1.70 bits per heavy atom. The molecule has 0 saturated carbocycles. The van der Waals surface area contributed by atoms with E-state index in [1.54, 1.807) is 31.4 Å². The van der Waals surface area contributed by atoms with Crippen LogP contribution in [-0.4, -0.2) is 62.0 Å². The Kier molecular flexibility index (Phi) is 8.86. The van der Waals surface area contributed by atoms with E-state index in [4.69, 9.17) is 16.3 Å². The first-order valence-electron chi connectivity index (χ1n) is 11.1. The molecule has 3 amide bonds. The van der Waals surface area contributed by atoms with E-state index in [-0.39, 0.29) is 17.7 Å². The molecule has 3 rings (SSSR count). The summed E-state index contributed by atoms with van der Waals surface area (Å²) in [6.07, 6.45) is 1.20. The van der Waals surface area contributed by atoms with Gasteiger partial charge in [0.25, 0.3) is 11.8 Å². The molecule has 2 aromatic carbocycles. The molecule has 0 aromatic heterocycles. The van der Waals surface area contributed by atoms with Crippen molar-refractivity contribution in [3.8, 4) is 0 Å². The van der Waals surface area contributed by atoms with Crippen LogP contribution in [0.4, 0.5) is 0 Å². The van der Waals surface area contributed by atoms with E-state index >= 15 is 0 Å². The van der Waals surface area contributed by atoms with Crippen molar-refractivity contribution in [2.24, 2.45) is 5.92 Å². The number of piperidine rings is 1. The number of benzene rings is 2. The fourth-order valence-corrected chi connectivity index (χ4v) is 4.29. The normalized spacial score (nSPS) is 15.1. The van der Waals surface area contributed by atoms with Crippen molar-refractivity contribution in [3.63, 3.8) is 0 Å². The number of rotatable bonds is 8. The van der Waals surface area contributed by atoms with Gasteiger partial charge in [0.15, 0.2) is 0 Å². The summed E-state index contributed by atoms with van der Waals surface area (Å²) >= 11 is 6.17. The number of carbonyl (C=O) groups is 3. The maximum Gasteiger partial charge on any atom is 0.254 e. The molecule has 1 aliphatic rings. The molecular weight excluding hydrogens is 442 g/mol. The van der Waals surface area contributed by atoms with Crippen molar-refractivity contribution in [1.82, 2.24) is 15.5 Å². The van der Waals surface area contributed by atoms with Crippen molar-refractivity contribution in [2.45, 2.75) is 25.8 Å². The van der Waals surface area contributed by atoms with E-state index in [0.717, 1.165) is 5.56 Å². The van der Waals surface area contributed by atoms with Crippen molar-refractivity contribution in [1.29, 1.82) is 0 Å². The van der Waals surface area contributed by atoms with Gasteiger partial charge in [-0.2, -0.15) is 0 Å². The lowest BCUT2D eigenvalue weighted by atomic mass is 9.88. The summed E-state index contributed by atoms with van der Waals surface area (Å²) in [5, 5.41) is 6.03. The van der Waals surface area contributed by atoms with Crippen molar-refractivity contribution in [2.75, 3.05) is 33.4 Å². The second-order valence-corrected chi connectivity index (χ2v) is 8.57. The van der Waals surface area contributed by atoms with Crippen LogP contribution in [0.2, 0.25) is 5.02 Å². The second kappa shape index (κ2) is 11.8. The summed E-state index contributed by atoms with van der Waals surface area (Å²) in [5.74, 6) is -0.783. The predicted octanol–water partition coefficient (Wildman–Crippen LogP) is 3.06. The van der Waals surface area contributed by atoms with Gasteiger partial charge in [-0.05, 0) is 49.4 Å². The van der Waals surface area contributed by atoms with Crippen LogP contribution in [0.1, 0.15) is 39.1 Å². The monoisotopic (exact) mass is 471 g/mol. The van der Waals surface area contributed by atoms with Gasteiger partial charge >= 0.3 is 0 Å². The molecule has 1 heterocycles. The highest BCUT2D eigenvalue weighted by Crippen LogP contribution is 2.24. The molecule has 8 heteroatoms. The van der Waals surface area contributed by atoms with E-state index in [1.165, 1.54) is 0 Å². The molecule has 33 heavy (non-hydrogen) atoms. The van der Waals surface area contributed by atoms with Crippen molar-refractivity contribution < 1.29 is 19.1 Å². The van der Waals surface area contributed by atoms with Gasteiger partial charge < -0.3 is 20.3 Å². The number of amides is 3. The first-order valence-corrected chi connectivity index (χ1v) is 11.5. The lowest BCUT2D eigenvalue weighted by Crippen LogP contribution is -2.54. The van der Waals surface area contributed by atoms with E-state index in [1.807, 2.05) is 36.1 Å². The molecule has 2 N–H and O–H groups in total. The average molecular weight is 472 g/mol. The molecule has 1 aliphatic heterocycles. The Bertz CT molecular complexity index is 989. The van der Waals surface area contributed by atoms with Crippen molar-refractivity contribution in [3.05, 3.63) is 70.2 Å². The van der Waals surface area contributed by atoms with E-state index in [2.05, 4.69) is 10.6 Å². The fourth-order valence-electron chi connectivity index (χ4n) is 4.07. The number of hydrogen-bond acceptors (Lipinski definition) is 4. The van der Waals surface area contributed by atoms with Gasteiger partial charge in [0, 0.05) is 32.3 Å². The van der Waals surface area contributed by atoms with Crippen LogP contribution in [0.3, 0.4) is 0 Å². The summed E-state index contributed by atoms with van der Waals surface area (Å²) in [5.41, 5.74) is 1.95. The zero-order valence-corrected chi connectivity index (χ0v) is 19.7. The van der Waals surface area contributed by atoms with Crippen LogP contribution in [0, 0.1) is 12.8 Å². The molecule has 0 spiro atoms. The van der Waals surface area contributed by atoms with Crippen LogP contribution in [-0.2, 0) is 9.53 Å². The largest absolute Gasteiger partial charge is 0.383 e. The summed E-state index contributed by atoms with van der Waals surface area (Å²) < 4.78 is 5.01. The number of likely N-dealkylation sites (tertiary alicyclic amines) is 1. The molecular formula is C25H30ClN3O4. The third-order valence-electron chi connectivity index (χ3n) is 5.97. The minimum absolute atomic E-state index is 0.00671. The van der Waals surface area contributed by atoms with Gasteiger partial charge in [-0.3, -0.25) is 14.4 Å². The zero-order chi connectivity index (χ0) is 23.8. The number of nitrogens with one attached hydrogen (secondary N) is 2. The molecule has 0 bridgehead atoms. The maximum atomic E-state index is 13.0. The fraction of sp³-hybridized carbons (Fsp3) is 0.400. The Morgan fingerprint density at radius 3 is 2.33 bits per heavy atom. The molecule has 0 radical (unpaired) electrons. The molecule has 2 aromatic rings. The molecule has 1 saturated heterocycles. The summed E-state index contributed by atoms with van der Waals surface area (Å²) in [7, 11) is 1.56. The average Bonchev–Trinajstić information content (AvgIpc) is 2.83. The molecule has 0 aliphatic carbocycles. The minimum atomic E-state index is -0.735. The van der Waals surface area contributed by atoms with Crippen LogP contribution in [0.5, 0.6) is 0 Å². The van der Waals surface area contributed by atoms with Gasteiger partial charge in [-0.1, -0.05) is 41.9 Å². The predicted molar refractivity (Wildman–Crippen MR) is 127 cm³/mol. The van der Waals surface area contributed by atoms with Gasteiger partial charge in [0.1, 0.15) is 6.04 Å². The van der Waals surface area contributed by atoms with Gasteiger partial charge in [-0.15, -0.1) is 0 Å². The lowest BCUT2D eigenvalue weighted by Gasteiger charge is -2.36. The maximum absolute atomic E-state index is 13.0. The van der Waals surface area contributed by atoms with E-state index < -0.39 is 11.9 Å². The van der Waals surface area contributed by atoms with Gasteiger partial charge in [-0.25, -0.2) is 0 Å². The topological polar surface area (TPSA) is 87.7 Å². The number of aryl methyl sites for hydroxylation is 1. The van der Waals surface area contributed by atoms with Crippen LogP contribution < -0.4 is 10.6 Å². The number of methoxy groups -OCH3 is 1.